The van der Waals surface area contributed by atoms with E-state index in [1.807, 2.05) is 18.2 Å². The van der Waals surface area contributed by atoms with Crippen LogP contribution in [0.4, 0.5) is 5.69 Å². The lowest BCUT2D eigenvalue weighted by Gasteiger charge is -2.10. The van der Waals surface area contributed by atoms with Crippen molar-refractivity contribution in [2.75, 3.05) is 11.9 Å². The molecule has 110 valence electrons. The van der Waals surface area contributed by atoms with E-state index < -0.39 is 0 Å². The Balaban J connectivity index is 2.03. The molecule has 0 aliphatic carbocycles. The van der Waals surface area contributed by atoms with Gasteiger partial charge in [-0.15, -0.1) is 0 Å². The van der Waals surface area contributed by atoms with Crippen LogP contribution >= 0.6 is 15.9 Å². The molecule has 2 aromatic rings. The minimum atomic E-state index is -0.247. The maximum absolute atomic E-state index is 12.1. The van der Waals surface area contributed by atoms with Gasteiger partial charge in [0.15, 0.2) is 0 Å². The van der Waals surface area contributed by atoms with Gasteiger partial charge < -0.3 is 10.1 Å². The summed E-state index contributed by atoms with van der Waals surface area (Å²) in [6.45, 7) is 4.82. The van der Waals surface area contributed by atoms with Crippen LogP contribution in [-0.4, -0.2) is 17.5 Å². The van der Waals surface area contributed by atoms with Crippen molar-refractivity contribution in [2.24, 2.45) is 5.92 Å². The minimum Gasteiger partial charge on any atom is -0.493 e. The van der Waals surface area contributed by atoms with Gasteiger partial charge in [0.25, 0.3) is 5.91 Å². The number of amides is 1. The van der Waals surface area contributed by atoms with Crippen LogP contribution in [0.15, 0.2) is 47.1 Å². The number of pyridine rings is 1. The van der Waals surface area contributed by atoms with Gasteiger partial charge in [-0.1, -0.05) is 19.9 Å². The number of benzene rings is 1. The molecule has 0 spiro atoms. The van der Waals surface area contributed by atoms with Gasteiger partial charge in [0, 0.05) is 22.4 Å². The monoisotopic (exact) mass is 348 g/mol. The number of rotatable bonds is 5. The van der Waals surface area contributed by atoms with Gasteiger partial charge in [-0.05, 0) is 46.1 Å². The molecule has 0 aliphatic heterocycles. The molecule has 0 bridgehead atoms. The fourth-order valence-electron chi connectivity index (χ4n) is 1.63. The standard InChI is InChI=1S/C16H17BrN2O2/c1-11(2)10-21-14-5-3-4-13(8-14)19-16(20)15-7-6-12(17)9-18-15/h3-9,11H,10H2,1-2H3,(H,19,20). The van der Waals surface area contributed by atoms with Crippen LogP contribution in [0.2, 0.25) is 0 Å². The third-order valence-corrected chi connectivity index (χ3v) is 3.10. The van der Waals surface area contributed by atoms with E-state index in [9.17, 15) is 4.79 Å². The van der Waals surface area contributed by atoms with Crippen LogP contribution in [0.3, 0.4) is 0 Å². The number of carbonyl (C=O) groups excluding carboxylic acids is 1. The van der Waals surface area contributed by atoms with Crippen molar-refractivity contribution in [3.8, 4) is 5.75 Å². The second-order valence-electron chi connectivity index (χ2n) is 5.05. The van der Waals surface area contributed by atoms with Crippen molar-refractivity contribution in [3.63, 3.8) is 0 Å². The second kappa shape index (κ2) is 7.22. The lowest BCUT2D eigenvalue weighted by atomic mass is 10.2. The Labute approximate surface area is 132 Å². The van der Waals surface area contributed by atoms with Crippen LogP contribution in [-0.2, 0) is 0 Å². The predicted molar refractivity (Wildman–Crippen MR) is 86.7 cm³/mol. The topological polar surface area (TPSA) is 51.2 Å². The van der Waals surface area contributed by atoms with E-state index in [0.29, 0.717) is 23.9 Å². The van der Waals surface area contributed by atoms with Gasteiger partial charge in [-0.25, -0.2) is 4.98 Å². The number of anilines is 1. The summed E-state index contributed by atoms with van der Waals surface area (Å²) >= 11 is 3.29. The highest BCUT2D eigenvalue weighted by Crippen LogP contribution is 2.18. The van der Waals surface area contributed by atoms with E-state index in [4.69, 9.17) is 4.74 Å². The van der Waals surface area contributed by atoms with Gasteiger partial charge in [0.05, 0.1) is 6.61 Å². The van der Waals surface area contributed by atoms with Gasteiger partial charge >= 0.3 is 0 Å². The third-order valence-electron chi connectivity index (χ3n) is 2.64. The zero-order valence-electron chi connectivity index (χ0n) is 12.0. The summed E-state index contributed by atoms with van der Waals surface area (Å²) < 4.78 is 6.47. The van der Waals surface area contributed by atoms with Crippen molar-refractivity contribution >= 4 is 27.5 Å². The molecule has 1 N–H and O–H groups in total. The van der Waals surface area contributed by atoms with Crippen LogP contribution in [0.5, 0.6) is 5.75 Å². The third kappa shape index (κ3) is 4.86. The maximum Gasteiger partial charge on any atom is 0.274 e. The Hall–Kier alpha value is -1.88. The fraction of sp³-hybridized carbons (Fsp3) is 0.250. The Kier molecular flexibility index (Phi) is 5.33. The second-order valence-corrected chi connectivity index (χ2v) is 5.96. The Morgan fingerprint density at radius 2 is 2.14 bits per heavy atom. The lowest BCUT2D eigenvalue weighted by molar-refractivity contribution is 0.102. The fourth-order valence-corrected chi connectivity index (χ4v) is 1.87. The maximum atomic E-state index is 12.1. The summed E-state index contributed by atoms with van der Waals surface area (Å²) in [5.74, 6) is 0.948. The molecule has 1 heterocycles. The molecular weight excluding hydrogens is 332 g/mol. The first kappa shape index (κ1) is 15.5. The molecule has 1 aromatic heterocycles. The zero-order chi connectivity index (χ0) is 15.2. The van der Waals surface area contributed by atoms with Crippen molar-refractivity contribution < 1.29 is 9.53 Å². The number of hydrogen-bond acceptors (Lipinski definition) is 3. The molecule has 0 saturated carbocycles. The number of carbonyl (C=O) groups is 1. The molecule has 5 heteroatoms. The van der Waals surface area contributed by atoms with Crippen molar-refractivity contribution in [2.45, 2.75) is 13.8 Å². The molecule has 2 rings (SSSR count). The first-order valence-electron chi connectivity index (χ1n) is 6.70. The van der Waals surface area contributed by atoms with Crippen molar-refractivity contribution in [1.82, 2.24) is 4.98 Å². The summed E-state index contributed by atoms with van der Waals surface area (Å²) in [5.41, 5.74) is 1.05. The summed E-state index contributed by atoms with van der Waals surface area (Å²) in [4.78, 5) is 16.1. The molecule has 4 nitrogen and oxygen atoms in total. The quantitative estimate of drug-likeness (QED) is 0.883. The number of nitrogens with zero attached hydrogens (tertiary/aromatic N) is 1. The van der Waals surface area contributed by atoms with Gasteiger partial charge in [0.2, 0.25) is 0 Å². The molecule has 0 aliphatic rings. The van der Waals surface area contributed by atoms with Crippen molar-refractivity contribution in [3.05, 3.63) is 52.8 Å². The number of halogens is 1. The van der Waals surface area contributed by atoms with Gasteiger partial charge in [-0.3, -0.25) is 4.79 Å². The highest BCUT2D eigenvalue weighted by Gasteiger charge is 2.08. The normalized spacial score (nSPS) is 10.5. The molecule has 1 aromatic carbocycles. The number of aromatic nitrogens is 1. The highest BCUT2D eigenvalue weighted by molar-refractivity contribution is 9.10. The summed E-state index contributed by atoms with van der Waals surface area (Å²) in [5, 5.41) is 2.81. The molecule has 1 amide bonds. The van der Waals surface area contributed by atoms with E-state index in [0.717, 1.165) is 10.2 Å². The van der Waals surface area contributed by atoms with Crippen LogP contribution in [0.25, 0.3) is 0 Å². The predicted octanol–water partition coefficient (Wildman–Crippen LogP) is 4.13. The minimum absolute atomic E-state index is 0.247. The first-order valence-corrected chi connectivity index (χ1v) is 7.49. The van der Waals surface area contributed by atoms with Gasteiger partial charge in [0.1, 0.15) is 11.4 Å². The van der Waals surface area contributed by atoms with Crippen molar-refractivity contribution in [1.29, 1.82) is 0 Å². The number of hydrogen-bond donors (Lipinski definition) is 1. The Morgan fingerprint density at radius 1 is 1.33 bits per heavy atom. The number of ether oxygens (including phenoxy) is 1. The van der Waals surface area contributed by atoms with Crippen LogP contribution in [0.1, 0.15) is 24.3 Å². The average molecular weight is 349 g/mol. The Bertz CT molecular complexity index is 612. The van der Waals surface area contributed by atoms with Gasteiger partial charge in [-0.2, -0.15) is 0 Å². The molecule has 0 unspecified atom stereocenters. The molecule has 0 atom stereocenters. The van der Waals surface area contributed by atoms with E-state index in [1.54, 1.807) is 24.4 Å². The zero-order valence-corrected chi connectivity index (χ0v) is 13.6. The number of nitrogens with one attached hydrogen (secondary N) is 1. The Morgan fingerprint density at radius 3 is 2.81 bits per heavy atom. The van der Waals surface area contributed by atoms with Crippen LogP contribution in [0, 0.1) is 5.92 Å². The summed E-state index contributed by atoms with van der Waals surface area (Å²) in [6, 6.07) is 10.8. The highest BCUT2D eigenvalue weighted by atomic mass is 79.9. The lowest BCUT2D eigenvalue weighted by Crippen LogP contribution is -2.13. The summed E-state index contributed by atoms with van der Waals surface area (Å²) in [6.07, 6.45) is 1.59. The van der Waals surface area contributed by atoms with E-state index in [1.165, 1.54) is 0 Å². The molecule has 0 saturated heterocycles. The van der Waals surface area contributed by atoms with E-state index in [-0.39, 0.29) is 5.91 Å². The molecule has 0 fully saturated rings. The largest absolute Gasteiger partial charge is 0.493 e. The molecule has 0 radical (unpaired) electrons. The summed E-state index contributed by atoms with van der Waals surface area (Å²) in [7, 11) is 0. The molecule has 21 heavy (non-hydrogen) atoms. The van der Waals surface area contributed by atoms with E-state index in [2.05, 4.69) is 40.1 Å². The van der Waals surface area contributed by atoms with E-state index >= 15 is 0 Å². The molecular formula is C16H17BrN2O2. The average Bonchev–Trinajstić information content (AvgIpc) is 2.46. The van der Waals surface area contributed by atoms with Crippen LogP contribution < -0.4 is 10.1 Å². The smallest absolute Gasteiger partial charge is 0.274 e. The SMILES string of the molecule is CC(C)COc1cccc(NC(=O)c2ccc(Br)cn2)c1. The first-order chi connectivity index (χ1) is 10.0.